The lowest BCUT2D eigenvalue weighted by Crippen LogP contribution is -2.19. The average molecular weight is 472 g/mol. The average Bonchev–Trinajstić information content (AvgIpc) is 3.44. The molecule has 0 spiro atoms. The molecule has 182 valence electrons. The largest absolute Gasteiger partial charge is 0.418 e. The minimum absolute atomic E-state index is 0.507. The van der Waals surface area contributed by atoms with E-state index in [2.05, 4.69) is 36.4 Å². The Balaban J connectivity index is 1.55. The van der Waals surface area contributed by atoms with Gasteiger partial charge in [0.2, 0.25) is 0 Å². The van der Waals surface area contributed by atoms with Gasteiger partial charge in [0.1, 0.15) is 17.3 Å². The first kappa shape index (κ1) is 24.3. The predicted octanol–water partition coefficient (Wildman–Crippen LogP) is 6.88. The van der Waals surface area contributed by atoms with Crippen molar-refractivity contribution in [1.29, 1.82) is 0 Å². The van der Waals surface area contributed by atoms with Gasteiger partial charge in [0.25, 0.3) is 0 Å². The molecule has 2 aromatic heterocycles. The molecule has 4 aromatic rings. The highest BCUT2D eigenvalue weighted by molar-refractivity contribution is 5.88. The third-order valence-corrected chi connectivity index (χ3v) is 6.28. The molecule has 0 saturated heterocycles. The summed E-state index contributed by atoms with van der Waals surface area (Å²) in [5.41, 5.74) is 4.58. The van der Waals surface area contributed by atoms with E-state index in [1.54, 1.807) is 15.6 Å². The molecule has 0 aliphatic heterocycles. The molecule has 4 rings (SSSR count). The molecule has 1 amide bonds. The molecule has 2 heterocycles. The van der Waals surface area contributed by atoms with Crippen LogP contribution in [0.25, 0.3) is 16.9 Å². The maximum absolute atomic E-state index is 12.9. The third-order valence-electron chi connectivity index (χ3n) is 6.28. The molecular formula is C28H33N5O2. The van der Waals surface area contributed by atoms with E-state index in [9.17, 15) is 4.79 Å². The van der Waals surface area contributed by atoms with Crippen LogP contribution in [0.3, 0.4) is 0 Å². The Kier molecular flexibility index (Phi) is 7.65. The molecule has 1 atom stereocenters. The molecule has 35 heavy (non-hydrogen) atoms. The van der Waals surface area contributed by atoms with Crippen LogP contribution < -0.4 is 10.1 Å². The van der Waals surface area contributed by atoms with Crippen molar-refractivity contribution in [3.05, 3.63) is 78.1 Å². The maximum atomic E-state index is 12.9. The second kappa shape index (κ2) is 11.0. The van der Waals surface area contributed by atoms with Gasteiger partial charge in [-0.2, -0.15) is 10.2 Å². The number of rotatable bonds is 9. The number of amides is 1. The monoisotopic (exact) mass is 471 g/mol. The van der Waals surface area contributed by atoms with Crippen molar-refractivity contribution in [3.63, 3.8) is 0 Å². The highest BCUT2D eigenvalue weighted by Gasteiger charge is 2.21. The normalized spacial score (nSPS) is 11.9. The number of hydrogen-bond donors (Lipinski definition) is 1. The van der Waals surface area contributed by atoms with Crippen LogP contribution in [0, 0.1) is 6.92 Å². The summed E-state index contributed by atoms with van der Waals surface area (Å²) in [6, 6.07) is 17.6. The number of nitrogens with one attached hydrogen (secondary N) is 1. The zero-order valence-electron chi connectivity index (χ0n) is 20.9. The standard InChI is InChI=1S/C28H33N5O2/c1-5-7-11-21(6-2)22-14-16-25(17-15-22)35-28(34)30-27-20(3)26(23-18-29-32(4)19-23)31-33(27)24-12-9-8-10-13-24/h8-10,12-19,21H,5-7,11H2,1-4H3,(H,30,34). The zero-order valence-corrected chi connectivity index (χ0v) is 20.9. The molecule has 1 N–H and O–H groups in total. The molecular weight excluding hydrogens is 438 g/mol. The summed E-state index contributed by atoms with van der Waals surface area (Å²) in [5, 5.41) is 12.0. The molecule has 0 radical (unpaired) electrons. The molecule has 7 heteroatoms. The van der Waals surface area contributed by atoms with E-state index in [1.807, 2.05) is 62.6 Å². The number of hydrogen-bond acceptors (Lipinski definition) is 4. The first-order valence-corrected chi connectivity index (χ1v) is 12.2. The van der Waals surface area contributed by atoms with E-state index in [-0.39, 0.29) is 0 Å². The minimum Gasteiger partial charge on any atom is -0.410 e. The van der Waals surface area contributed by atoms with Crippen molar-refractivity contribution in [1.82, 2.24) is 19.6 Å². The number of carbonyl (C=O) groups is 1. The van der Waals surface area contributed by atoms with Crippen LogP contribution >= 0.6 is 0 Å². The van der Waals surface area contributed by atoms with Gasteiger partial charge in [0, 0.05) is 24.4 Å². The fraction of sp³-hybridized carbons (Fsp3) is 0.321. The number of unbranched alkanes of at least 4 members (excludes halogenated alkanes) is 1. The van der Waals surface area contributed by atoms with Crippen LogP contribution in [-0.2, 0) is 7.05 Å². The Morgan fingerprint density at radius 2 is 1.83 bits per heavy atom. The number of aryl methyl sites for hydroxylation is 1. The quantitative estimate of drug-likeness (QED) is 0.289. The van der Waals surface area contributed by atoms with Crippen LogP contribution in [0.1, 0.15) is 56.6 Å². The van der Waals surface area contributed by atoms with Crippen LogP contribution in [0.2, 0.25) is 0 Å². The topological polar surface area (TPSA) is 74.0 Å². The SMILES string of the molecule is CCCCC(CC)c1ccc(OC(=O)Nc2c(C)c(-c3cnn(C)c3)nn2-c2ccccc2)cc1. The summed E-state index contributed by atoms with van der Waals surface area (Å²) in [5.74, 6) is 1.60. The number of aromatic nitrogens is 4. The first-order valence-electron chi connectivity index (χ1n) is 12.2. The van der Waals surface area contributed by atoms with Crippen molar-refractivity contribution in [2.24, 2.45) is 7.05 Å². The highest BCUT2D eigenvalue weighted by atomic mass is 16.6. The predicted molar refractivity (Wildman–Crippen MR) is 139 cm³/mol. The van der Waals surface area contributed by atoms with Crippen molar-refractivity contribution in [3.8, 4) is 22.7 Å². The summed E-state index contributed by atoms with van der Waals surface area (Å²) < 4.78 is 9.08. The summed E-state index contributed by atoms with van der Waals surface area (Å²) in [6.07, 6.45) is 7.79. The van der Waals surface area contributed by atoms with Crippen LogP contribution in [0.15, 0.2) is 67.0 Å². The van der Waals surface area contributed by atoms with Gasteiger partial charge in [0.15, 0.2) is 0 Å². The Labute approximate surface area is 206 Å². The lowest BCUT2D eigenvalue weighted by Gasteiger charge is -2.15. The van der Waals surface area contributed by atoms with Crippen molar-refractivity contribution in [2.75, 3.05) is 5.32 Å². The molecule has 7 nitrogen and oxygen atoms in total. The van der Waals surface area contributed by atoms with Gasteiger partial charge in [-0.3, -0.25) is 10.00 Å². The van der Waals surface area contributed by atoms with Gasteiger partial charge >= 0.3 is 6.09 Å². The van der Waals surface area contributed by atoms with E-state index >= 15 is 0 Å². The van der Waals surface area contributed by atoms with Gasteiger partial charge in [-0.1, -0.05) is 57.0 Å². The lowest BCUT2D eigenvalue weighted by atomic mass is 9.91. The molecule has 0 aliphatic rings. The van der Waals surface area contributed by atoms with Crippen LogP contribution in [0.4, 0.5) is 10.6 Å². The summed E-state index contributed by atoms with van der Waals surface area (Å²) in [7, 11) is 1.86. The number of anilines is 1. The highest BCUT2D eigenvalue weighted by Crippen LogP contribution is 2.31. The molecule has 0 saturated carbocycles. The van der Waals surface area contributed by atoms with E-state index in [0.717, 1.165) is 28.9 Å². The zero-order chi connectivity index (χ0) is 24.8. The molecule has 1 unspecified atom stereocenters. The molecule has 0 fully saturated rings. The van der Waals surface area contributed by atoms with Crippen LogP contribution in [0.5, 0.6) is 5.75 Å². The Morgan fingerprint density at radius 3 is 2.46 bits per heavy atom. The first-order chi connectivity index (χ1) is 17.0. The van der Waals surface area contributed by atoms with Gasteiger partial charge < -0.3 is 4.74 Å². The summed E-state index contributed by atoms with van der Waals surface area (Å²) in [4.78, 5) is 12.9. The second-order valence-corrected chi connectivity index (χ2v) is 8.80. The van der Waals surface area contributed by atoms with Crippen molar-refractivity contribution in [2.45, 2.75) is 52.4 Å². The second-order valence-electron chi connectivity index (χ2n) is 8.80. The fourth-order valence-corrected chi connectivity index (χ4v) is 4.31. The number of carbonyl (C=O) groups excluding carboxylic acids is 1. The van der Waals surface area contributed by atoms with Gasteiger partial charge in [-0.25, -0.2) is 9.48 Å². The fourth-order valence-electron chi connectivity index (χ4n) is 4.31. The Hall–Kier alpha value is -3.87. The van der Waals surface area contributed by atoms with E-state index in [0.29, 0.717) is 17.5 Å². The number of nitrogens with zero attached hydrogens (tertiary/aromatic N) is 4. The van der Waals surface area contributed by atoms with Gasteiger partial charge in [-0.15, -0.1) is 0 Å². The lowest BCUT2D eigenvalue weighted by molar-refractivity contribution is 0.215. The minimum atomic E-state index is -0.561. The number of ether oxygens (including phenoxy) is 1. The van der Waals surface area contributed by atoms with E-state index < -0.39 is 6.09 Å². The Morgan fingerprint density at radius 1 is 1.09 bits per heavy atom. The van der Waals surface area contributed by atoms with Crippen molar-refractivity contribution >= 4 is 11.9 Å². The van der Waals surface area contributed by atoms with E-state index in [4.69, 9.17) is 9.84 Å². The smallest absolute Gasteiger partial charge is 0.410 e. The van der Waals surface area contributed by atoms with Crippen molar-refractivity contribution < 1.29 is 9.53 Å². The molecule has 0 aliphatic carbocycles. The maximum Gasteiger partial charge on any atom is 0.418 e. The summed E-state index contributed by atoms with van der Waals surface area (Å²) in [6.45, 7) is 6.37. The number of benzene rings is 2. The van der Waals surface area contributed by atoms with Gasteiger partial charge in [-0.05, 0) is 55.5 Å². The molecule has 2 aromatic carbocycles. The van der Waals surface area contributed by atoms with E-state index in [1.165, 1.54) is 24.8 Å². The van der Waals surface area contributed by atoms with Crippen LogP contribution in [-0.4, -0.2) is 25.7 Å². The van der Waals surface area contributed by atoms with Gasteiger partial charge in [0.05, 0.1) is 11.9 Å². The Bertz CT molecular complexity index is 1260. The molecule has 0 bridgehead atoms. The number of para-hydroxylation sites is 1. The third kappa shape index (κ3) is 5.62. The summed E-state index contributed by atoms with van der Waals surface area (Å²) >= 11 is 0.